The van der Waals surface area contributed by atoms with E-state index in [2.05, 4.69) is 33.2 Å². The molecular formula is C18H21N5O. The summed E-state index contributed by atoms with van der Waals surface area (Å²) in [6.45, 7) is 5.86. The van der Waals surface area contributed by atoms with E-state index in [-0.39, 0.29) is 0 Å². The van der Waals surface area contributed by atoms with Crippen molar-refractivity contribution in [2.24, 2.45) is 5.92 Å². The molecule has 3 heterocycles. The van der Waals surface area contributed by atoms with Crippen LogP contribution in [0.4, 0.5) is 5.69 Å². The number of piperidine rings is 1. The van der Waals surface area contributed by atoms with E-state index in [0.717, 1.165) is 37.5 Å². The van der Waals surface area contributed by atoms with Gasteiger partial charge in [-0.3, -0.25) is 9.97 Å². The zero-order chi connectivity index (χ0) is 16.5. The summed E-state index contributed by atoms with van der Waals surface area (Å²) in [6, 6.07) is 7.01. The molecule has 2 fully saturated rings. The fourth-order valence-electron chi connectivity index (χ4n) is 3.72. The van der Waals surface area contributed by atoms with E-state index < -0.39 is 0 Å². The highest BCUT2D eigenvalue weighted by atomic mass is 16.5. The largest absolute Gasteiger partial charge is 0.378 e. The number of rotatable bonds is 3. The number of ether oxygens (including phenoxy) is 1. The van der Waals surface area contributed by atoms with Gasteiger partial charge in [-0.2, -0.15) is 5.26 Å². The molecule has 1 aromatic heterocycles. The van der Waals surface area contributed by atoms with Gasteiger partial charge in [0.05, 0.1) is 30.5 Å². The molecule has 0 amide bonds. The average Bonchev–Trinajstić information content (AvgIpc) is 2.56. The molecule has 24 heavy (non-hydrogen) atoms. The Morgan fingerprint density at radius 3 is 2.67 bits per heavy atom. The summed E-state index contributed by atoms with van der Waals surface area (Å²) in [5.41, 5.74) is 3.15. The lowest BCUT2D eigenvalue weighted by Gasteiger charge is -2.41. The number of anilines is 1. The van der Waals surface area contributed by atoms with Crippen molar-refractivity contribution >= 4 is 16.7 Å². The van der Waals surface area contributed by atoms with Crippen molar-refractivity contribution < 1.29 is 4.74 Å². The van der Waals surface area contributed by atoms with Gasteiger partial charge in [-0.25, -0.2) is 0 Å². The summed E-state index contributed by atoms with van der Waals surface area (Å²) >= 11 is 0. The molecule has 2 aliphatic heterocycles. The van der Waals surface area contributed by atoms with E-state index in [0.29, 0.717) is 29.1 Å². The van der Waals surface area contributed by atoms with Gasteiger partial charge in [-0.15, -0.1) is 0 Å². The lowest BCUT2D eigenvalue weighted by Crippen LogP contribution is -2.56. The number of hydrogen-bond acceptors (Lipinski definition) is 6. The Bertz CT molecular complexity index is 783. The van der Waals surface area contributed by atoms with E-state index in [1.807, 2.05) is 12.1 Å². The average molecular weight is 323 g/mol. The van der Waals surface area contributed by atoms with Gasteiger partial charge < -0.3 is 15.0 Å². The number of nitrogens with one attached hydrogen (secondary N) is 1. The number of hydrogen-bond donors (Lipinski definition) is 1. The molecule has 2 aliphatic rings. The number of nitrogens with zero attached hydrogens (tertiary/aromatic N) is 4. The van der Waals surface area contributed by atoms with Gasteiger partial charge in [-0.1, -0.05) is 6.92 Å². The zero-order valence-electron chi connectivity index (χ0n) is 13.8. The van der Waals surface area contributed by atoms with E-state index in [1.165, 1.54) is 6.42 Å². The van der Waals surface area contributed by atoms with Crippen LogP contribution in [0.25, 0.3) is 11.0 Å². The molecule has 2 atom stereocenters. The van der Waals surface area contributed by atoms with Crippen LogP contribution in [0, 0.1) is 17.2 Å². The highest BCUT2D eigenvalue weighted by Gasteiger charge is 2.29. The van der Waals surface area contributed by atoms with E-state index in [9.17, 15) is 5.26 Å². The van der Waals surface area contributed by atoms with Crippen LogP contribution in [0.15, 0.2) is 24.5 Å². The highest BCUT2D eigenvalue weighted by molar-refractivity contribution is 5.92. The fraction of sp³-hybridized carbons (Fsp3) is 0.500. The van der Waals surface area contributed by atoms with Crippen LogP contribution < -0.4 is 10.2 Å². The molecule has 6 heteroatoms. The van der Waals surface area contributed by atoms with E-state index >= 15 is 0 Å². The van der Waals surface area contributed by atoms with Crippen molar-refractivity contribution in [2.45, 2.75) is 25.4 Å². The molecule has 0 aliphatic carbocycles. The van der Waals surface area contributed by atoms with Gasteiger partial charge in [0.15, 0.2) is 0 Å². The van der Waals surface area contributed by atoms with Gasteiger partial charge in [0.25, 0.3) is 0 Å². The van der Waals surface area contributed by atoms with Crippen molar-refractivity contribution in [1.29, 1.82) is 5.26 Å². The Morgan fingerprint density at radius 1 is 1.17 bits per heavy atom. The highest BCUT2D eigenvalue weighted by Crippen LogP contribution is 2.30. The second kappa shape index (κ2) is 6.34. The van der Waals surface area contributed by atoms with Gasteiger partial charge in [0.1, 0.15) is 17.1 Å². The Morgan fingerprint density at radius 2 is 1.96 bits per heavy atom. The summed E-state index contributed by atoms with van der Waals surface area (Å²) in [5, 5.41) is 13.0. The van der Waals surface area contributed by atoms with Gasteiger partial charge in [0, 0.05) is 31.5 Å². The summed E-state index contributed by atoms with van der Waals surface area (Å²) < 4.78 is 5.27. The van der Waals surface area contributed by atoms with Crippen LogP contribution >= 0.6 is 0 Å². The molecule has 0 spiro atoms. The number of nitriles is 1. The van der Waals surface area contributed by atoms with Crippen molar-refractivity contribution in [1.82, 2.24) is 15.3 Å². The standard InChI is InChI=1S/C18H21N5O/c1-12-6-14(22-15-10-24-11-15)9-23(8-12)16-3-2-13(7-19)17-18(16)21-5-4-20-17/h2-5,12,14-15,22H,6,8-11H2,1H3. The van der Waals surface area contributed by atoms with Gasteiger partial charge >= 0.3 is 0 Å². The minimum atomic E-state index is 0.449. The van der Waals surface area contributed by atoms with Crippen LogP contribution in [0.2, 0.25) is 0 Å². The molecule has 6 nitrogen and oxygen atoms in total. The fourth-order valence-corrected chi connectivity index (χ4v) is 3.72. The maximum absolute atomic E-state index is 9.30. The van der Waals surface area contributed by atoms with Gasteiger partial charge in [-0.05, 0) is 24.5 Å². The van der Waals surface area contributed by atoms with Crippen LogP contribution in [0.1, 0.15) is 18.9 Å². The predicted octanol–water partition coefficient (Wildman–Crippen LogP) is 1.70. The van der Waals surface area contributed by atoms with Crippen LogP contribution in [-0.4, -0.2) is 48.4 Å². The summed E-state index contributed by atoms with van der Waals surface area (Å²) in [4.78, 5) is 11.3. The van der Waals surface area contributed by atoms with Crippen molar-refractivity contribution in [3.05, 3.63) is 30.1 Å². The predicted molar refractivity (Wildman–Crippen MR) is 91.8 cm³/mol. The Kier molecular flexibility index (Phi) is 4.05. The Hall–Kier alpha value is -2.23. The first-order valence-corrected chi connectivity index (χ1v) is 8.47. The monoisotopic (exact) mass is 323 g/mol. The third-order valence-electron chi connectivity index (χ3n) is 4.83. The molecule has 0 radical (unpaired) electrons. The van der Waals surface area contributed by atoms with E-state index in [4.69, 9.17) is 4.74 Å². The lowest BCUT2D eigenvalue weighted by molar-refractivity contribution is -0.0114. The van der Waals surface area contributed by atoms with Gasteiger partial charge in [0.2, 0.25) is 0 Å². The Balaban J connectivity index is 1.64. The molecule has 0 bridgehead atoms. The maximum Gasteiger partial charge on any atom is 0.113 e. The molecule has 2 aromatic rings. The maximum atomic E-state index is 9.30. The SMILES string of the molecule is CC1CC(NC2COC2)CN(c2ccc(C#N)c3nccnc23)C1. The summed E-state index contributed by atoms with van der Waals surface area (Å²) in [5.74, 6) is 0.597. The van der Waals surface area contributed by atoms with Crippen LogP contribution in [-0.2, 0) is 4.74 Å². The quantitative estimate of drug-likeness (QED) is 0.927. The minimum Gasteiger partial charge on any atom is -0.378 e. The smallest absolute Gasteiger partial charge is 0.113 e. The molecule has 1 aromatic carbocycles. The first kappa shape index (κ1) is 15.3. The third kappa shape index (κ3) is 2.81. The third-order valence-corrected chi connectivity index (χ3v) is 4.83. The first-order valence-electron chi connectivity index (χ1n) is 8.47. The van der Waals surface area contributed by atoms with Crippen LogP contribution in [0.3, 0.4) is 0 Å². The first-order chi connectivity index (χ1) is 11.7. The van der Waals surface area contributed by atoms with Crippen LogP contribution in [0.5, 0.6) is 0 Å². The molecule has 1 N–H and O–H groups in total. The molecule has 2 saturated heterocycles. The number of fused-ring (bicyclic) bond motifs is 1. The molecule has 4 rings (SSSR count). The second-order valence-electron chi connectivity index (χ2n) is 6.84. The number of aromatic nitrogens is 2. The Labute approximate surface area is 141 Å². The molecule has 2 unspecified atom stereocenters. The second-order valence-corrected chi connectivity index (χ2v) is 6.84. The van der Waals surface area contributed by atoms with Crippen molar-refractivity contribution in [2.75, 3.05) is 31.2 Å². The zero-order valence-corrected chi connectivity index (χ0v) is 13.8. The minimum absolute atomic E-state index is 0.449. The number of benzene rings is 1. The normalized spacial score (nSPS) is 24.6. The molecular weight excluding hydrogens is 302 g/mol. The summed E-state index contributed by atoms with van der Waals surface area (Å²) in [6.07, 6.45) is 4.52. The van der Waals surface area contributed by atoms with Crippen molar-refractivity contribution in [3.8, 4) is 6.07 Å². The van der Waals surface area contributed by atoms with E-state index in [1.54, 1.807) is 12.4 Å². The lowest BCUT2D eigenvalue weighted by atomic mass is 9.94. The summed E-state index contributed by atoms with van der Waals surface area (Å²) in [7, 11) is 0. The van der Waals surface area contributed by atoms with Crippen molar-refractivity contribution in [3.63, 3.8) is 0 Å². The molecule has 124 valence electrons. The molecule has 0 saturated carbocycles. The topological polar surface area (TPSA) is 74.1 Å².